The monoisotopic (exact) mass is 274 g/mol. The van der Waals surface area contributed by atoms with Crippen LogP contribution in [0.15, 0.2) is 24.5 Å². The molecule has 0 saturated carbocycles. The Morgan fingerprint density at radius 3 is 2.90 bits per heavy atom. The summed E-state index contributed by atoms with van der Waals surface area (Å²) in [7, 11) is 0. The molecule has 3 heterocycles. The average Bonchev–Trinajstić information content (AvgIpc) is 2.81. The quantitative estimate of drug-likeness (QED) is 0.828. The maximum Gasteiger partial charge on any atom is 0.335 e. The van der Waals surface area contributed by atoms with Gasteiger partial charge in [-0.2, -0.15) is 0 Å². The van der Waals surface area contributed by atoms with Crippen molar-refractivity contribution in [2.45, 2.75) is 6.42 Å². The van der Waals surface area contributed by atoms with Crippen LogP contribution in [0.1, 0.15) is 16.8 Å². The van der Waals surface area contributed by atoms with Gasteiger partial charge >= 0.3 is 12.0 Å². The molecular weight excluding hydrogens is 264 g/mol. The average molecular weight is 274 g/mol. The van der Waals surface area contributed by atoms with E-state index in [1.54, 1.807) is 4.40 Å². The number of carboxylic acid groups (broad SMARTS) is 1. The highest BCUT2D eigenvalue weighted by Gasteiger charge is 2.27. The predicted molar refractivity (Wildman–Crippen MR) is 67.7 cm³/mol. The lowest BCUT2D eigenvalue weighted by Crippen LogP contribution is -2.50. The Labute approximate surface area is 112 Å². The van der Waals surface area contributed by atoms with Crippen molar-refractivity contribution in [2.24, 2.45) is 0 Å². The van der Waals surface area contributed by atoms with E-state index >= 15 is 0 Å². The highest BCUT2D eigenvalue weighted by Crippen LogP contribution is 2.19. The highest BCUT2D eigenvalue weighted by molar-refractivity contribution is 6.05. The van der Waals surface area contributed by atoms with Crippen LogP contribution in [-0.2, 0) is 4.79 Å². The van der Waals surface area contributed by atoms with Gasteiger partial charge in [-0.1, -0.05) is 0 Å². The lowest BCUT2D eigenvalue weighted by molar-refractivity contribution is -0.120. The van der Waals surface area contributed by atoms with Crippen LogP contribution < -0.4 is 10.2 Å². The van der Waals surface area contributed by atoms with Gasteiger partial charge in [-0.15, -0.1) is 0 Å². The van der Waals surface area contributed by atoms with E-state index in [-0.39, 0.29) is 24.4 Å². The fraction of sp³-hybridized carbons (Fsp3) is 0.167. The molecule has 0 spiro atoms. The van der Waals surface area contributed by atoms with Gasteiger partial charge in [0.15, 0.2) is 0 Å². The van der Waals surface area contributed by atoms with Crippen molar-refractivity contribution in [3.8, 4) is 0 Å². The number of fused-ring (bicyclic) bond motifs is 1. The number of urea groups is 1. The number of hydrogen-bond donors (Lipinski definition) is 2. The lowest BCUT2D eigenvalue weighted by Gasteiger charge is -2.24. The van der Waals surface area contributed by atoms with Crippen LogP contribution in [0.4, 0.5) is 10.7 Å². The number of imidazole rings is 1. The molecule has 1 aliphatic heterocycles. The molecule has 20 heavy (non-hydrogen) atoms. The van der Waals surface area contributed by atoms with E-state index in [2.05, 4.69) is 10.3 Å². The minimum atomic E-state index is -1.03. The summed E-state index contributed by atoms with van der Waals surface area (Å²) in [4.78, 5) is 39.2. The summed E-state index contributed by atoms with van der Waals surface area (Å²) in [5.74, 6) is -1.00. The number of imide groups is 1. The van der Waals surface area contributed by atoms with E-state index in [1.165, 1.54) is 29.4 Å². The minimum Gasteiger partial charge on any atom is -0.478 e. The molecule has 2 aromatic heterocycles. The predicted octanol–water partition coefficient (Wildman–Crippen LogP) is 0.479. The van der Waals surface area contributed by atoms with E-state index in [0.717, 1.165) is 0 Å². The Morgan fingerprint density at radius 2 is 2.20 bits per heavy atom. The first kappa shape index (κ1) is 12.2. The molecule has 8 heteroatoms. The number of nitrogens with one attached hydrogen (secondary N) is 1. The molecule has 2 aromatic rings. The summed E-state index contributed by atoms with van der Waals surface area (Å²) in [6, 6.07) is 2.36. The number of aromatic carboxylic acids is 1. The Hall–Kier alpha value is -2.90. The number of carbonyl (C=O) groups excluding carboxylic acids is 2. The third-order valence-electron chi connectivity index (χ3n) is 3.05. The smallest absolute Gasteiger partial charge is 0.335 e. The van der Waals surface area contributed by atoms with Crippen molar-refractivity contribution in [3.63, 3.8) is 0 Å². The molecule has 3 rings (SSSR count). The van der Waals surface area contributed by atoms with Crippen molar-refractivity contribution in [2.75, 3.05) is 11.4 Å². The van der Waals surface area contributed by atoms with E-state index in [0.29, 0.717) is 11.5 Å². The summed E-state index contributed by atoms with van der Waals surface area (Å²) in [6.07, 6.45) is 3.21. The molecule has 1 aliphatic rings. The number of carboxylic acids is 1. The standard InChI is InChI=1S/C12H10N4O4/c17-9-2-4-16(12(20)14-9)11-13-6-8-5-7(10(18)19)1-3-15(8)11/h1,3,5-6H,2,4H2,(H,18,19)(H,14,17,20). The van der Waals surface area contributed by atoms with Crippen LogP contribution in [0.2, 0.25) is 0 Å². The number of amides is 3. The van der Waals surface area contributed by atoms with Gasteiger partial charge in [0.05, 0.1) is 17.3 Å². The summed E-state index contributed by atoms with van der Waals surface area (Å²) < 4.78 is 1.60. The molecule has 102 valence electrons. The highest BCUT2D eigenvalue weighted by atomic mass is 16.4. The molecule has 0 bridgehead atoms. The fourth-order valence-corrected chi connectivity index (χ4v) is 2.07. The number of aromatic nitrogens is 2. The van der Waals surface area contributed by atoms with E-state index in [4.69, 9.17) is 5.11 Å². The zero-order chi connectivity index (χ0) is 14.3. The van der Waals surface area contributed by atoms with Crippen LogP contribution >= 0.6 is 0 Å². The van der Waals surface area contributed by atoms with E-state index in [9.17, 15) is 14.4 Å². The number of carbonyl (C=O) groups is 3. The molecular formula is C12H10N4O4. The van der Waals surface area contributed by atoms with Crippen LogP contribution in [0.25, 0.3) is 5.52 Å². The zero-order valence-corrected chi connectivity index (χ0v) is 10.2. The van der Waals surface area contributed by atoms with Gasteiger partial charge in [-0.3, -0.25) is 19.4 Å². The number of anilines is 1. The number of nitrogens with zero attached hydrogens (tertiary/aromatic N) is 3. The van der Waals surface area contributed by atoms with Gasteiger partial charge in [0.1, 0.15) is 0 Å². The largest absolute Gasteiger partial charge is 0.478 e. The van der Waals surface area contributed by atoms with Crippen LogP contribution in [0.5, 0.6) is 0 Å². The molecule has 3 amide bonds. The number of hydrogen-bond acceptors (Lipinski definition) is 4. The Bertz CT molecular complexity index is 736. The van der Waals surface area contributed by atoms with Gasteiger partial charge in [-0.25, -0.2) is 14.6 Å². The summed E-state index contributed by atoms with van der Waals surface area (Å²) >= 11 is 0. The molecule has 8 nitrogen and oxygen atoms in total. The topological polar surface area (TPSA) is 104 Å². The minimum absolute atomic E-state index is 0.141. The van der Waals surface area contributed by atoms with E-state index < -0.39 is 12.0 Å². The Balaban J connectivity index is 2.02. The molecule has 0 atom stereocenters. The van der Waals surface area contributed by atoms with Gasteiger partial charge in [-0.05, 0) is 12.1 Å². The number of pyridine rings is 1. The van der Waals surface area contributed by atoms with Crippen molar-refractivity contribution in [3.05, 3.63) is 30.1 Å². The van der Waals surface area contributed by atoms with Crippen molar-refractivity contribution >= 4 is 29.4 Å². The van der Waals surface area contributed by atoms with Crippen LogP contribution in [0.3, 0.4) is 0 Å². The van der Waals surface area contributed by atoms with Crippen molar-refractivity contribution in [1.82, 2.24) is 14.7 Å². The van der Waals surface area contributed by atoms with Gasteiger partial charge < -0.3 is 5.11 Å². The first-order chi connectivity index (χ1) is 9.56. The summed E-state index contributed by atoms with van der Waals surface area (Å²) in [5.41, 5.74) is 0.701. The van der Waals surface area contributed by atoms with Gasteiger partial charge in [0, 0.05) is 19.2 Å². The van der Waals surface area contributed by atoms with E-state index in [1.807, 2.05) is 0 Å². The first-order valence-electron chi connectivity index (χ1n) is 5.88. The molecule has 1 fully saturated rings. The normalized spacial score (nSPS) is 15.5. The molecule has 0 aromatic carbocycles. The van der Waals surface area contributed by atoms with Gasteiger partial charge in [0.2, 0.25) is 11.9 Å². The number of rotatable bonds is 2. The summed E-state index contributed by atoms with van der Waals surface area (Å²) in [6.45, 7) is 0.241. The maximum absolute atomic E-state index is 11.8. The Morgan fingerprint density at radius 1 is 1.40 bits per heavy atom. The first-order valence-corrected chi connectivity index (χ1v) is 5.88. The molecule has 0 radical (unpaired) electrons. The Kier molecular flexibility index (Phi) is 2.63. The SMILES string of the molecule is O=C1CCN(c2ncc3cc(C(=O)O)ccn23)C(=O)N1. The second-order valence-corrected chi connectivity index (χ2v) is 4.33. The second-order valence-electron chi connectivity index (χ2n) is 4.33. The van der Waals surface area contributed by atoms with Crippen LogP contribution in [0, 0.1) is 0 Å². The van der Waals surface area contributed by atoms with Crippen molar-refractivity contribution in [1.29, 1.82) is 0 Å². The third-order valence-corrected chi connectivity index (χ3v) is 3.05. The van der Waals surface area contributed by atoms with Crippen LogP contribution in [-0.4, -0.2) is 38.9 Å². The van der Waals surface area contributed by atoms with Gasteiger partial charge in [0.25, 0.3) is 0 Å². The maximum atomic E-state index is 11.8. The molecule has 2 N–H and O–H groups in total. The summed E-state index contributed by atoms with van der Waals surface area (Å²) in [5, 5.41) is 11.1. The molecule has 0 unspecified atom stereocenters. The molecule has 1 saturated heterocycles. The molecule has 0 aliphatic carbocycles. The second kappa shape index (κ2) is 4.34. The lowest BCUT2D eigenvalue weighted by atomic mass is 10.2. The third kappa shape index (κ3) is 1.87. The van der Waals surface area contributed by atoms with Crippen molar-refractivity contribution < 1.29 is 19.5 Å². The zero-order valence-electron chi connectivity index (χ0n) is 10.2. The fourth-order valence-electron chi connectivity index (χ4n) is 2.07.